The molecule has 0 amide bonds. The molecule has 1 aromatic rings. The SMILES string of the molecule is COc1ccc(S(=O)(=O)NCCC[NH+]2CC[NH+](C)CC2)cc1. The quantitative estimate of drug-likeness (QED) is 0.497. The molecule has 0 aliphatic carbocycles. The number of piperazine rings is 1. The zero-order valence-electron chi connectivity index (χ0n) is 13.4. The predicted octanol–water partition coefficient (Wildman–Crippen LogP) is -2.22. The summed E-state index contributed by atoms with van der Waals surface area (Å²) in [7, 11) is 0.366. The number of ether oxygens (including phenoxy) is 1. The number of rotatable bonds is 7. The van der Waals surface area contributed by atoms with E-state index in [1.54, 1.807) is 41.2 Å². The Morgan fingerprint density at radius 1 is 1.14 bits per heavy atom. The van der Waals surface area contributed by atoms with Gasteiger partial charge in [0.2, 0.25) is 10.0 Å². The van der Waals surface area contributed by atoms with Gasteiger partial charge in [-0.15, -0.1) is 0 Å². The zero-order valence-corrected chi connectivity index (χ0v) is 14.2. The van der Waals surface area contributed by atoms with Crippen LogP contribution in [0.1, 0.15) is 6.42 Å². The van der Waals surface area contributed by atoms with E-state index in [1.165, 1.54) is 26.2 Å². The molecule has 1 saturated heterocycles. The lowest BCUT2D eigenvalue weighted by atomic mass is 10.3. The third-order valence-electron chi connectivity index (χ3n) is 4.18. The van der Waals surface area contributed by atoms with E-state index in [9.17, 15) is 8.42 Å². The first-order valence-corrected chi connectivity index (χ1v) is 9.28. The van der Waals surface area contributed by atoms with Crippen molar-refractivity contribution in [1.82, 2.24) is 4.72 Å². The molecule has 7 heteroatoms. The third-order valence-corrected chi connectivity index (χ3v) is 5.66. The van der Waals surface area contributed by atoms with E-state index in [0.29, 0.717) is 12.3 Å². The molecule has 0 aromatic heterocycles. The van der Waals surface area contributed by atoms with E-state index < -0.39 is 10.0 Å². The van der Waals surface area contributed by atoms with Crippen LogP contribution >= 0.6 is 0 Å². The summed E-state index contributed by atoms with van der Waals surface area (Å²) in [6.07, 6.45) is 0.865. The fraction of sp³-hybridized carbons (Fsp3) is 0.600. The second-order valence-electron chi connectivity index (χ2n) is 5.88. The molecule has 1 aliphatic heterocycles. The van der Waals surface area contributed by atoms with E-state index in [1.807, 2.05) is 0 Å². The van der Waals surface area contributed by atoms with Crippen LogP contribution < -0.4 is 19.3 Å². The molecule has 0 radical (unpaired) electrons. The van der Waals surface area contributed by atoms with Crippen molar-refractivity contribution in [1.29, 1.82) is 0 Å². The fourth-order valence-electron chi connectivity index (χ4n) is 2.66. The van der Waals surface area contributed by atoms with Gasteiger partial charge in [-0.05, 0) is 24.3 Å². The Kier molecular flexibility index (Phi) is 6.19. The predicted molar refractivity (Wildman–Crippen MR) is 85.0 cm³/mol. The number of hydrogen-bond acceptors (Lipinski definition) is 3. The molecule has 1 aliphatic rings. The summed E-state index contributed by atoms with van der Waals surface area (Å²) in [6.45, 7) is 6.27. The van der Waals surface area contributed by atoms with Crippen molar-refractivity contribution in [3.05, 3.63) is 24.3 Å². The van der Waals surface area contributed by atoms with Gasteiger partial charge in [0.25, 0.3) is 0 Å². The topological polar surface area (TPSA) is 64.3 Å². The molecule has 0 atom stereocenters. The van der Waals surface area contributed by atoms with Crippen LogP contribution in [0.4, 0.5) is 0 Å². The van der Waals surface area contributed by atoms with Crippen LogP contribution in [0.25, 0.3) is 0 Å². The van der Waals surface area contributed by atoms with Crippen LogP contribution in [0.15, 0.2) is 29.2 Å². The van der Waals surface area contributed by atoms with E-state index >= 15 is 0 Å². The van der Waals surface area contributed by atoms with Gasteiger partial charge in [-0.1, -0.05) is 0 Å². The van der Waals surface area contributed by atoms with Crippen molar-refractivity contribution >= 4 is 10.0 Å². The number of nitrogens with one attached hydrogen (secondary N) is 3. The standard InChI is InChI=1S/C15H25N3O3S/c1-17-10-12-18(13-11-17)9-3-8-16-22(19,20)15-6-4-14(21-2)5-7-15/h4-7,16H,3,8-13H2,1-2H3/p+2. The van der Waals surface area contributed by atoms with E-state index in [0.717, 1.165) is 13.0 Å². The number of likely N-dealkylation sites (N-methyl/N-ethyl adjacent to an activating group) is 1. The smallest absolute Gasteiger partial charge is 0.240 e. The van der Waals surface area contributed by atoms with E-state index in [4.69, 9.17) is 4.74 Å². The minimum Gasteiger partial charge on any atom is -0.497 e. The lowest BCUT2D eigenvalue weighted by molar-refractivity contribution is -1.00. The number of sulfonamides is 1. The van der Waals surface area contributed by atoms with Gasteiger partial charge in [0.1, 0.15) is 31.9 Å². The number of quaternary nitrogens is 2. The lowest BCUT2D eigenvalue weighted by Crippen LogP contribution is -3.27. The highest BCUT2D eigenvalue weighted by Crippen LogP contribution is 2.14. The molecule has 124 valence electrons. The summed E-state index contributed by atoms with van der Waals surface area (Å²) < 4.78 is 32.0. The highest BCUT2D eigenvalue weighted by Gasteiger charge is 2.19. The van der Waals surface area contributed by atoms with Crippen molar-refractivity contribution in [2.24, 2.45) is 0 Å². The highest BCUT2D eigenvalue weighted by atomic mass is 32.2. The van der Waals surface area contributed by atoms with Crippen LogP contribution in [0, 0.1) is 0 Å². The van der Waals surface area contributed by atoms with E-state index in [-0.39, 0.29) is 4.90 Å². The number of hydrogen-bond donors (Lipinski definition) is 3. The maximum absolute atomic E-state index is 12.2. The van der Waals surface area contributed by atoms with Gasteiger partial charge >= 0.3 is 0 Å². The minimum absolute atomic E-state index is 0.281. The molecule has 0 spiro atoms. The second-order valence-corrected chi connectivity index (χ2v) is 7.65. The van der Waals surface area contributed by atoms with Crippen LogP contribution in [0.2, 0.25) is 0 Å². The van der Waals surface area contributed by atoms with Crippen molar-refractivity contribution in [3.8, 4) is 5.75 Å². The molecule has 0 saturated carbocycles. The molecule has 1 fully saturated rings. The van der Waals surface area contributed by atoms with Gasteiger partial charge in [0.15, 0.2) is 0 Å². The molecule has 0 unspecified atom stereocenters. The van der Waals surface area contributed by atoms with Gasteiger partial charge < -0.3 is 14.5 Å². The van der Waals surface area contributed by atoms with Crippen LogP contribution in [-0.4, -0.2) is 61.8 Å². The van der Waals surface area contributed by atoms with Gasteiger partial charge in [-0.3, -0.25) is 0 Å². The Labute approximate surface area is 133 Å². The van der Waals surface area contributed by atoms with Crippen molar-refractivity contribution in [2.45, 2.75) is 11.3 Å². The van der Waals surface area contributed by atoms with Gasteiger partial charge in [0, 0.05) is 13.0 Å². The second kappa shape index (κ2) is 7.92. The van der Waals surface area contributed by atoms with Crippen molar-refractivity contribution in [3.63, 3.8) is 0 Å². The largest absolute Gasteiger partial charge is 0.497 e. The Morgan fingerprint density at radius 3 is 2.36 bits per heavy atom. The monoisotopic (exact) mass is 329 g/mol. The molecule has 6 nitrogen and oxygen atoms in total. The molecular weight excluding hydrogens is 302 g/mol. The average Bonchev–Trinajstić information content (AvgIpc) is 2.53. The van der Waals surface area contributed by atoms with Crippen LogP contribution in [0.5, 0.6) is 5.75 Å². The summed E-state index contributed by atoms with van der Waals surface area (Å²) in [6, 6.07) is 6.45. The first kappa shape index (κ1) is 17.2. The lowest BCUT2D eigenvalue weighted by Gasteiger charge is -2.27. The van der Waals surface area contributed by atoms with Crippen molar-refractivity contribution < 1.29 is 23.0 Å². The Hall–Kier alpha value is -1.15. The van der Waals surface area contributed by atoms with Crippen LogP contribution in [0.3, 0.4) is 0 Å². The molecule has 0 bridgehead atoms. The van der Waals surface area contributed by atoms with Gasteiger partial charge in [-0.2, -0.15) is 0 Å². The molecular formula is C15H27N3O3S+2. The average molecular weight is 329 g/mol. The minimum atomic E-state index is -3.42. The summed E-state index contributed by atoms with van der Waals surface area (Å²) in [5.74, 6) is 0.653. The summed E-state index contributed by atoms with van der Waals surface area (Å²) in [5.41, 5.74) is 0. The highest BCUT2D eigenvalue weighted by molar-refractivity contribution is 7.89. The molecule has 3 N–H and O–H groups in total. The number of benzene rings is 1. The molecule has 1 aromatic carbocycles. The molecule has 1 heterocycles. The van der Waals surface area contributed by atoms with Gasteiger partial charge in [0.05, 0.1) is 25.6 Å². The maximum atomic E-state index is 12.2. The first-order valence-electron chi connectivity index (χ1n) is 7.80. The van der Waals surface area contributed by atoms with Crippen LogP contribution in [-0.2, 0) is 10.0 Å². The Bertz CT molecular complexity index is 552. The maximum Gasteiger partial charge on any atom is 0.240 e. The Morgan fingerprint density at radius 2 is 1.77 bits per heavy atom. The fourth-order valence-corrected chi connectivity index (χ4v) is 3.74. The zero-order chi connectivity index (χ0) is 16.0. The van der Waals surface area contributed by atoms with Crippen molar-refractivity contribution in [2.75, 3.05) is 53.4 Å². The summed E-state index contributed by atoms with van der Waals surface area (Å²) in [4.78, 5) is 3.45. The summed E-state index contributed by atoms with van der Waals surface area (Å²) >= 11 is 0. The number of methoxy groups -OCH3 is 1. The first-order chi connectivity index (χ1) is 10.5. The third kappa shape index (κ3) is 4.95. The molecule has 22 heavy (non-hydrogen) atoms. The molecule has 2 rings (SSSR count). The van der Waals surface area contributed by atoms with E-state index in [2.05, 4.69) is 11.8 Å². The summed E-state index contributed by atoms with van der Waals surface area (Å²) in [5, 5.41) is 0. The normalized spacial score (nSPS) is 22.5. The van der Waals surface area contributed by atoms with Gasteiger partial charge in [-0.25, -0.2) is 13.1 Å². The Balaban J connectivity index is 1.75.